The third-order valence-electron chi connectivity index (χ3n) is 2.87. The number of nitrogens with two attached hydrogens (primary N) is 1. The van der Waals surface area contributed by atoms with Crippen LogP contribution in [0.4, 0.5) is 15.3 Å². The quantitative estimate of drug-likeness (QED) is 0.762. The van der Waals surface area contributed by atoms with Crippen LogP contribution in [0.2, 0.25) is 0 Å². The molecule has 0 aliphatic carbocycles. The van der Waals surface area contributed by atoms with E-state index in [0.29, 0.717) is 10.7 Å². The number of nitrogens with one attached hydrogen (secondary N) is 1. The van der Waals surface area contributed by atoms with Gasteiger partial charge in [-0.25, -0.2) is 14.4 Å². The van der Waals surface area contributed by atoms with Crippen LogP contribution in [0.5, 0.6) is 0 Å². The molecule has 106 valence electrons. The zero-order chi connectivity index (χ0) is 15.0. The van der Waals surface area contributed by atoms with Crippen molar-refractivity contribution in [2.24, 2.45) is 0 Å². The first-order chi connectivity index (χ1) is 10.0. The molecule has 7 heteroatoms. The van der Waals surface area contributed by atoms with E-state index >= 15 is 0 Å². The zero-order valence-electron chi connectivity index (χ0n) is 11.1. The van der Waals surface area contributed by atoms with Gasteiger partial charge in [-0.3, -0.25) is 4.79 Å². The van der Waals surface area contributed by atoms with Crippen molar-refractivity contribution in [2.75, 3.05) is 11.1 Å². The van der Waals surface area contributed by atoms with E-state index in [2.05, 4.69) is 15.3 Å². The van der Waals surface area contributed by atoms with Crippen molar-refractivity contribution in [3.8, 4) is 11.1 Å². The zero-order valence-corrected chi connectivity index (χ0v) is 11.9. The van der Waals surface area contributed by atoms with Gasteiger partial charge in [-0.15, -0.1) is 0 Å². The van der Waals surface area contributed by atoms with Gasteiger partial charge >= 0.3 is 0 Å². The first kappa shape index (κ1) is 13.4. The molecule has 3 aromatic rings. The highest BCUT2D eigenvalue weighted by Gasteiger charge is 2.08. The summed E-state index contributed by atoms with van der Waals surface area (Å²) in [7, 11) is 0. The molecule has 3 rings (SSSR count). The molecule has 0 aliphatic heterocycles. The highest BCUT2D eigenvalue weighted by Crippen LogP contribution is 2.30. The standard InChI is InChI=1S/C14H11FN4OS/c1-7(20)18-14-19-11-3-2-8(5-12(11)21-14)9-4-10(15)13(16)17-6-9/h2-6H,1H3,(H2,16,17)(H,18,19,20). The number of rotatable bonds is 2. The van der Waals surface area contributed by atoms with Gasteiger partial charge in [0.05, 0.1) is 10.2 Å². The van der Waals surface area contributed by atoms with Gasteiger partial charge in [0.25, 0.3) is 0 Å². The number of hydrogen-bond donors (Lipinski definition) is 2. The van der Waals surface area contributed by atoms with E-state index in [9.17, 15) is 9.18 Å². The number of carbonyl (C=O) groups excluding carboxylic acids is 1. The Kier molecular flexibility index (Phi) is 3.26. The molecule has 0 aliphatic rings. The second-order valence-electron chi connectivity index (χ2n) is 4.47. The van der Waals surface area contributed by atoms with Crippen molar-refractivity contribution in [1.29, 1.82) is 0 Å². The average Bonchev–Trinajstić information content (AvgIpc) is 2.82. The summed E-state index contributed by atoms with van der Waals surface area (Å²) in [6.07, 6.45) is 1.52. The summed E-state index contributed by atoms with van der Waals surface area (Å²) in [6, 6.07) is 6.87. The summed E-state index contributed by atoms with van der Waals surface area (Å²) in [5, 5.41) is 3.19. The Bertz CT molecular complexity index is 846. The van der Waals surface area contributed by atoms with E-state index in [4.69, 9.17) is 5.73 Å². The van der Waals surface area contributed by atoms with Crippen LogP contribution in [0.3, 0.4) is 0 Å². The van der Waals surface area contributed by atoms with Gasteiger partial charge in [-0.05, 0) is 23.8 Å². The van der Waals surface area contributed by atoms with Crippen LogP contribution in [0.25, 0.3) is 21.3 Å². The highest BCUT2D eigenvalue weighted by molar-refractivity contribution is 7.22. The van der Waals surface area contributed by atoms with Crippen molar-refractivity contribution in [3.05, 3.63) is 36.3 Å². The van der Waals surface area contributed by atoms with E-state index in [0.717, 1.165) is 15.8 Å². The van der Waals surface area contributed by atoms with Crippen LogP contribution in [0, 0.1) is 5.82 Å². The Morgan fingerprint density at radius 2 is 2.14 bits per heavy atom. The summed E-state index contributed by atoms with van der Waals surface area (Å²) in [4.78, 5) is 19.2. The van der Waals surface area contributed by atoms with Crippen molar-refractivity contribution in [3.63, 3.8) is 0 Å². The van der Waals surface area contributed by atoms with Crippen molar-refractivity contribution in [2.45, 2.75) is 6.92 Å². The number of carbonyl (C=O) groups is 1. The number of hydrogen-bond acceptors (Lipinski definition) is 5. The van der Waals surface area contributed by atoms with Crippen LogP contribution < -0.4 is 11.1 Å². The van der Waals surface area contributed by atoms with Gasteiger partial charge in [0, 0.05) is 18.7 Å². The third kappa shape index (κ3) is 2.68. The lowest BCUT2D eigenvalue weighted by atomic mass is 10.1. The molecule has 1 amide bonds. The molecule has 0 atom stereocenters. The highest BCUT2D eigenvalue weighted by atomic mass is 32.1. The number of halogens is 1. The molecule has 1 aromatic carbocycles. The Hall–Kier alpha value is -2.54. The topological polar surface area (TPSA) is 80.9 Å². The van der Waals surface area contributed by atoms with E-state index < -0.39 is 5.82 Å². The molecule has 3 N–H and O–H groups in total. The first-order valence-electron chi connectivity index (χ1n) is 6.12. The minimum absolute atomic E-state index is 0.120. The van der Waals surface area contributed by atoms with Crippen LogP contribution in [0.1, 0.15) is 6.92 Å². The summed E-state index contributed by atoms with van der Waals surface area (Å²) in [5.41, 5.74) is 7.60. The van der Waals surface area contributed by atoms with Crippen molar-refractivity contribution >= 4 is 38.4 Å². The maximum absolute atomic E-state index is 13.5. The fourth-order valence-corrected chi connectivity index (χ4v) is 2.87. The molecule has 0 spiro atoms. The molecule has 0 saturated heterocycles. The third-order valence-corrected chi connectivity index (χ3v) is 3.81. The summed E-state index contributed by atoms with van der Waals surface area (Å²) in [5.74, 6) is -0.833. The van der Waals surface area contributed by atoms with Gasteiger partial charge < -0.3 is 11.1 Å². The fraction of sp³-hybridized carbons (Fsp3) is 0.0714. The average molecular weight is 302 g/mol. The van der Waals surface area contributed by atoms with Gasteiger partial charge in [0.15, 0.2) is 16.8 Å². The van der Waals surface area contributed by atoms with E-state index in [1.165, 1.54) is 30.5 Å². The molecule has 5 nitrogen and oxygen atoms in total. The lowest BCUT2D eigenvalue weighted by Crippen LogP contribution is -2.04. The number of nitrogens with zero attached hydrogens (tertiary/aromatic N) is 2. The van der Waals surface area contributed by atoms with Crippen LogP contribution in [-0.4, -0.2) is 15.9 Å². The van der Waals surface area contributed by atoms with E-state index in [1.807, 2.05) is 18.2 Å². The predicted octanol–water partition coefficient (Wildman–Crippen LogP) is 3.04. The number of anilines is 2. The number of aromatic nitrogens is 2. The summed E-state index contributed by atoms with van der Waals surface area (Å²) < 4.78 is 14.4. The van der Waals surface area contributed by atoms with Crippen LogP contribution in [0.15, 0.2) is 30.5 Å². The first-order valence-corrected chi connectivity index (χ1v) is 6.94. The molecule has 2 heterocycles. The molecule has 2 aromatic heterocycles. The van der Waals surface area contributed by atoms with Crippen molar-refractivity contribution < 1.29 is 9.18 Å². The SMILES string of the molecule is CC(=O)Nc1nc2ccc(-c3cnc(N)c(F)c3)cc2s1. The number of benzene rings is 1. The van der Waals surface area contributed by atoms with Crippen LogP contribution >= 0.6 is 11.3 Å². The smallest absolute Gasteiger partial charge is 0.223 e. The number of fused-ring (bicyclic) bond motifs is 1. The second-order valence-corrected chi connectivity index (χ2v) is 5.50. The summed E-state index contributed by atoms with van der Waals surface area (Å²) >= 11 is 1.36. The number of thiazole rings is 1. The molecule has 0 saturated carbocycles. The Morgan fingerprint density at radius 1 is 1.33 bits per heavy atom. The Labute approximate surface area is 123 Å². The maximum atomic E-state index is 13.5. The van der Waals surface area contributed by atoms with E-state index in [1.54, 1.807) is 0 Å². The molecule has 0 unspecified atom stereocenters. The lowest BCUT2D eigenvalue weighted by molar-refractivity contribution is -0.114. The number of pyridine rings is 1. The monoisotopic (exact) mass is 302 g/mol. The second kappa shape index (κ2) is 5.10. The summed E-state index contributed by atoms with van der Waals surface area (Å²) in [6.45, 7) is 1.43. The van der Waals surface area contributed by atoms with Gasteiger partial charge in [-0.2, -0.15) is 0 Å². The fourth-order valence-electron chi connectivity index (χ4n) is 1.91. The largest absolute Gasteiger partial charge is 0.381 e. The molecular weight excluding hydrogens is 291 g/mol. The molecule has 0 fully saturated rings. The molecule has 0 bridgehead atoms. The molecule has 0 radical (unpaired) electrons. The Morgan fingerprint density at radius 3 is 2.86 bits per heavy atom. The van der Waals surface area contributed by atoms with Crippen molar-refractivity contribution in [1.82, 2.24) is 9.97 Å². The Balaban J connectivity index is 2.03. The minimum Gasteiger partial charge on any atom is -0.381 e. The maximum Gasteiger partial charge on any atom is 0.223 e. The minimum atomic E-state index is -0.546. The number of amides is 1. The molecular formula is C14H11FN4OS. The predicted molar refractivity (Wildman–Crippen MR) is 81.5 cm³/mol. The van der Waals surface area contributed by atoms with Gasteiger partial charge in [-0.1, -0.05) is 17.4 Å². The van der Waals surface area contributed by atoms with E-state index in [-0.39, 0.29) is 11.7 Å². The van der Waals surface area contributed by atoms with Gasteiger partial charge in [0.1, 0.15) is 0 Å². The normalized spacial score (nSPS) is 10.8. The number of nitrogen functional groups attached to an aromatic ring is 1. The van der Waals surface area contributed by atoms with Gasteiger partial charge in [0.2, 0.25) is 5.91 Å². The van der Waals surface area contributed by atoms with Crippen LogP contribution in [-0.2, 0) is 4.79 Å². The lowest BCUT2D eigenvalue weighted by Gasteiger charge is -2.02. The molecule has 21 heavy (non-hydrogen) atoms.